The molecular weight excluding hydrogens is 401 g/mol. The summed E-state index contributed by atoms with van der Waals surface area (Å²) in [6.07, 6.45) is 5.37. The fraction of sp³-hybridized carbons (Fsp3) is 0.364. The van der Waals surface area contributed by atoms with Crippen LogP contribution in [0.1, 0.15) is 27.2 Å². The number of hydrogen-bond donors (Lipinski definition) is 0. The zero-order valence-electron chi connectivity index (χ0n) is 17.4. The van der Waals surface area contributed by atoms with Crippen LogP contribution in [0.4, 0.5) is 15.9 Å². The van der Waals surface area contributed by atoms with Crippen LogP contribution in [0.25, 0.3) is 21.8 Å². The standard InChI is InChI=1S/C22H24FN5OS/c1-5-17-19(12-29)27(4)18-11-24-21(26-22(18)28(17)13(2)3)16-10-25-30-20(16)14-6-8-15(23)9-7-14/h6-13,17,19H,5H2,1-4H3. The van der Waals surface area contributed by atoms with Gasteiger partial charge in [-0.25, -0.2) is 14.4 Å². The lowest BCUT2D eigenvalue weighted by Crippen LogP contribution is -2.58. The maximum absolute atomic E-state index is 13.4. The molecule has 0 saturated heterocycles. The lowest BCUT2D eigenvalue weighted by molar-refractivity contribution is -0.109. The number of hydrogen-bond acceptors (Lipinski definition) is 7. The van der Waals surface area contributed by atoms with Crippen LogP contribution in [0.3, 0.4) is 0 Å². The Bertz CT molecular complexity index is 1050. The van der Waals surface area contributed by atoms with Crippen LogP contribution in [-0.2, 0) is 4.79 Å². The topological polar surface area (TPSA) is 62.2 Å². The van der Waals surface area contributed by atoms with E-state index in [1.165, 1.54) is 23.7 Å². The Hall–Kier alpha value is -2.87. The second-order valence-electron chi connectivity index (χ2n) is 7.69. The van der Waals surface area contributed by atoms with E-state index in [2.05, 4.69) is 35.0 Å². The Kier molecular flexibility index (Phi) is 5.51. The summed E-state index contributed by atoms with van der Waals surface area (Å²) in [5, 5.41) is 0. The molecule has 1 aromatic carbocycles. The molecule has 3 heterocycles. The number of halogens is 1. The summed E-state index contributed by atoms with van der Waals surface area (Å²) in [4.78, 5) is 26.5. The van der Waals surface area contributed by atoms with Crippen molar-refractivity contribution in [1.82, 2.24) is 14.3 Å². The molecule has 2 unspecified atom stereocenters. The number of aldehydes is 1. The molecule has 0 spiro atoms. The van der Waals surface area contributed by atoms with Crippen LogP contribution in [0, 0.1) is 5.82 Å². The number of carbonyl (C=O) groups is 1. The monoisotopic (exact) mass is 425 g/mol. The maximum atomic E-state index is 13.4. The van der Waals surface area contributed by atoms with Gasteiger partial charge in [-0.2, -0.15) is 4.37 Å². The van der Waals surface area contributed by atoms with E-state index in [1.807, 2.05) is 11.9 Å². The van der Waals surface area contributed by atoms with Gasteiger partial charge in [0.15, 0.2) is 11.6 Å². The van der Waals surface area contributed by atoms with Crippen molar-refractivity contribution in [2.45, 2.75) is 45.3 Å². The first-order valence-electron chi connectivity index (χ1n) is 10.0. The zero-order valence-corrected chi connectivity index (χ0v) is 18.2. The summed E-state index contributed by atoms with van der Waals surface area (Å²) in [5.41, 5.74) is 2.52. The minimum Gasteiger partial charge on any atom is -0.359 e. The SMILES string of the molecule is CCC1C(C=O)N(C)c2cnc(-c3cnsc3-c3ccc(F)cc3)nc2N1C(C)C. The molecular formula is C22H24FN5OS. The molecule has 0 saturated carbocycles. The van der Waals surface area contributed by atoms with Crippen molar-refractivity contribution in [3.63, 3.8) is 0 Å². The highest BCUT2D eigenvalue weighted by molar-refractivity contribution is 7.10. The molecule has 4 rings (SSSR count). The van der Waals surface area contributed by atoms with Crippen molar-refractivity contribution < 1.29 is 9.18 Å². The van der Waals surface area contributed by atoms with Crippen LogP contribution >= 0.6 is 11.5 Å². The van der Waals surface area contributed by atoms with Gasteiger partial charge in [-0.15, -0.1) is 0 Å². The highest BCUT2D eigenvalue weighted by Crippen LogP contribution is 2.40. The minimum absolute atomic E-state index is 0.0277. The predicted molar refractivity (Wildman–Crippen MR) is 118 cm³/mol. The molecule has 1 aliphatic heterocycles. The quantitative estimate of drug-likeness (QED) is 0.564. The van der Waals surface area contributed by atoms with Gasteiger partial charge >= 0.3 is 0 Å². The molecule has 0 fully saturated rings. The number of fused-ring (bicyclic) bond motifs is 1. The summed E-state index contributed by atoms with van der Waals surface area (Å²) in [7, 11) is 1.91. The van der Waals surface area contributed by atoms with Gasteiger partial charge in [-0.3, -0.25) is 0 Å². The molecule has 156 valence electrons. The summed E-state index contributed by atoms with van der Waals surface area (Å²) in [6.45, 7) is 6.31. The number of benzene rings is 1. The zero-order chi connectivity index (χ0) is 21.4. The average molecular weight is 426 g/mol. The molecule has 6 nitrogen and oxygen atoms in total. The van der Waals surface area contributed by atoms with Crippen molar-refractivity contribution in [2.75, 3.05) is 16.8 Å². The van der Waals surface area contributed by atoms with E-state index in [-0.39, 0.29) is 23.9 Å². The number of carbonyl (C=O) groups excluding carboxylic acids is 1. The third kappa shape index (κ3) is 3.35. The first kappa shape index (κ1) is 20.4. The Balaban J connectivity index is 1.84. The maximum Gasteiger partial charge on any atom is 0.164 e. The normalized spacial score (nSPS) is 18.6. The molecule has 1 aliphatic rings. The van der Waals surface area contributed by atoms with Crippen LogP contribution in [-0.4, -0.2) is 45.8 Å². The molecule has 30 heavy (non-hydrogen) atoms. The molecule has 0 bridgehead atoms. The highest BCUT2D eigenvalue weighted by atomic mass is 32.1. The van der Waals surface area contributed by atoms with Gasteiger partial charge in [0.1, 0.15) is 18.1 Å². The van der Waals surface area contributed by atoms with Gasteiger partial charge in [0.05, 0.1) is 34.6 Å². The lowest BCUT2D eigenvalue weighted by Gasteiger charge is -2.47. The Morgan fingerprint density at radius 1 is 1.23 bits per heavy atom. The number of anilines is 2. The Labute approximate surface area is 179 Å². The summed E-state index contributed by atoms with van der Waals surface area (Å²) < 4.78 is 17.7. The number of likely N-dealkylation sites (N-methyl/N-ethyl adjacent to an activating group) is 1. The number of aromatic nitrogens is 3. The van der Waals surface area contributed by atoms with Crippen molar-refractivity contribution in [3.05, 3.63) is 42.5 Å². The third-order valence-corrected chi connectivity index (χ3v) is 6.45. The van der Waals surface area contributed by atoms with Crippen LogP contribution in [0.2, 0.25) is 0 Å². The lowest BCUT2D eigenvalue weighted by atomic mass is 9.98. The van der Waals surface area contributed by atoms with Crippen molar-refractivity contribution in [3.8, 4) is 21.8 Å². The number of rotatable bonds is 5. The van der Waals surface area contributed by atoms with Crippen molar-refractivity contribution >= 4 is 29.3 Å². The predicted octanol–water partition coefficient (Wildman–Crippen LogP) is 4.42. The van der Waals surface area contributed by atoms with Crippen molar-refractivity contribution in [2.24, 2.45) is 0 Å². The Morgan fingerprint density at radius 3 is 2.60 bits per heavy atom. The molecule has 8 heteroatoms. The van der Waals surface area contributed by atoms with E-state index in [0.29, 0.717) is 5.82 Å². The van der Waals surface area contributed by atoms with E-state index >= 15 is 0 Å². The second kappa shape index (κ2) is 8.10. The minimum atomic E-state index is -0.277. The summed E-state index contributed by atoms with van der Waals surface area (Å²) >= 11 is 1.33. The van der Waals surface area contributed by atoms with E-state index in [0.717, 1.165) is 40.2 Å². The van der Waals surface area contributed by atoms with Gasteiger partial charge in [-0.1, -0.05) is 19.1 Å². The van der Waals surface area contributed by atoms with E-state index in [9.17, 15) is 9.18 Å². The fourth-order valence-electron chi connectivity index (χ4n) is 4.13. The number of nitrogens with zero attached hydrogens (tertiary/aromatic N) is 5. The molecule has 3 aromatic rings. The molecule has 0 aliphatic carbocycles. The highest BCUT2D eigenvalue weighted by Gasteiger charge is 2.39. The van der Waals surface area contributed by atoms with Crippen LogP contribution in [0.5, 0.6) is 0 Å². The van der Waals surface area contributed by atoms with Gasteiger partial charge in [0.25, 0.3) is 0 Å². The van der Waals surface area contributed by atoms with Crippen molar-refractivity contribution in [1.29, 1.82) is 0 Å². The van der Waals surface area contributed by atoms with Crippen LogP contribution in [0.15, 0.2) is 36.7 Å². The van der Waals surface area contributed by atoms with Gasteiger partial charge in [0.2, 0.25) is 0 Å². The van der Waals surface area contributed by atoms with Crippen LogP contribution < -0.4 is 9.80 Å². The summed E-state index contributed by atoms with van der Waals surface area (Å²) in [6, 6.07) is 6.30. The second-order valence-corrected chi connectivity index (χ2v) is 8.49. The molecule has 0 amide bonds. The van der Waals surface area contributed by atoms with E-state index < -0.39 is 0 Å². The smallest absolute Gasteiger partial charge is 0.164 e. The molecule has 0 radical (unpaired) electrons. The van der Waals surface area contributed by atoms with E-state index in [4.69, 9.17) is 4.98 Å². The van der Waals surface area contributed by atoms with Gasteiger partial charge < -0.3 is 14.6 Å². The first-order chi connectivity index (χ1) is 14.5. The largest absolute Gasteiger partial charge is 0.359 e. The molecule has 2 aromatic heterocycles. The molecule has 0 N–H and O–H groups in total. The summed E-state index contributed by atoms with van der Waals surface area (Å²) in [5.74, 6) is 1.11. The van der Waals surface area contributed by atoms with Gasteiger partial charge in [0, 0.05) is 13.1 Å². The third-order valence-electron chi connectivity index (χ3n) is 5.61. The van der Waals surface area contributed by atoms with Gasteiger partial charge in [-0.05, 0) is 49.5 Å². The fourth-order valence-corrected chi connectivity index (χ4v) is 4.88. The first-order valence-corrected chi connectivity index (χ1v) is 10.8. The Morgan fingerprint density at radius 2 is 1.97 bits per heavy atom. The van der Waals surface area contributed by atoms with E-state index in [1.54, 1.807) is 24.5 Å². The average Bonchev–Trinajstić information content (AvgIpc) is 3.23. The molecule has 2 atom stereocenters.